The van der Waals surface area contributed by atoms with Gasteiger partial charge in [0.2, 0.25) is 10.0 Å². The number of hydrogen-bond donors (Lipinski definition) is 1. The summed E-state index contributed by atoms with van der Waals surface area (Å²) in [5.41, 5.74) is 1.79. The highest BCUT2D eigenvalue weighted by molar-refractivity contribution is 7.89. The largest absolute Gasteiger partial charge is 0.362 e. The normalized spacial score (nSPS) is 11.8. The minimum Gasteiger partial charge on any atom is -0.362 e. The van der Waals surface area contributed by atoms with E-state index in [0.717, 1.165) is 35.8 Å². The number of unbranched alkanes of at least 4 members (excludes halogenated alkanes) is 1. The Morgan fingerprint density at radius 3 is 2.38 bits per heavy atom. The fourth-order valence-electron chi connectivity index (χ4n) is 2.37. The van der Waals surface area contributed by atoms with Crippen LogP contribution in [0.5, 0.6) is 0 Å². The van der Waals surface area contributed by atoms with Gasteiger partial charge < -0.3 is 5.32 Å². The number of nitrogens with zero attached hydrogens (tertiary/aromatic N) is 2. The van der Waals surface area contributed by atoms with Crippen molar-refractivity contribution in [1.29, 1.82) is 0 Å². The molecule has 2 aromatic rings. The Kier molecular flexibility index (Phi) is 6.77. The maximum Gasteiger partial charge on any atom is 0.243 e. The molecule has 1 aromatic carbocycles. The molecule has 5 nitrogen and oxygen atoms in total. The van der Waals surface area contributed by atoms with Crippen molar-refractivity contribution in [3.63, 3.8) is 0 Å². The van der Waals surface area contributed by atoms with Crippen molar-refractivity contribution in [1.82, 2.24) is 9.29 Å². The number of anilines is 1. The van der Waals surface area contributed by atoms with Crippen LogP contribution in [0.15, 0.2) is 34.5 Å². The fraction of sp³-hybridized carbons (Fsp3) is 0.471. The third kappa shape index (κ3) is 4.34. The average molecular weight is 368 g/mol. The molecule has 0 radical (unpaired) electrons. The van der Waals surface area contributed by atoms with E-state index in [1.165, 1.54) is 4.31 Å². The van der Waals surface area contributed by atoms with Gasteiger partial charge in [0.05, 0.1) is 10.6 Å². The lowest BCUT2D eigenvalue weighted by Gasteiger charge is -2.18. The standard InChI is InChI=1S/C17H25N3O2S2/c1-4-7-12-18-17-19-16(13-23-17)14-8-10-15(11-9-14)24(21,22)20(5-2)6-3/h8-11,13H,4-7,12H2,1-3H3,(H,18,19). The van der Waals surface area contributed by atoms with Gasteiger partial charge in [-0.3, -0.25) is 0 Å². The van der Waals surface area contributed by atoms with Crippen LogP contribution in [-0.4, -0.2) is 37.3 Å². The van der Waals surface area contributed by atoms with Crippen molar-refractivity contribution < 1.29 is 8.42 Å². The number of aromatic nitrogens is 1. The molecule has 7 heteroatoms. The van der Waals surface area contributed by atoms with Gasteiger partial charge >= 0.3 is 0 Å². The summed E-state index contributed by atoms with van der Waals surface area (Å²) in [6.07, 6.45) is 2.26. The second-order valence-electron chi connectivity index (χ2n) is 5.43. The van der Waals surface area contributed by atoms with E-state index in [9.17, 15) is 8.42 Å². The lowest BCUT2D eigenvalue weighted by Crippen LogP contribution is -2.30. The number of sulfonamides is 1. The second kappa shape index (κ2) is 8.60. The first-order chi connectivity index (χ1) is 11.5. The minimum atomic E-state index is -3.41. The number of benzene rings is 1. The van der Waals surface area contributed by atoms with Gasteiger partial charge in [-0.05, 0) is 18.6 Å². The van der Waals surface area contributed by atoms with E-state index < -0.39 is 10.0 Å². The quantitative estimate of drug-likeness (QED) is 0.679. The molecule has 0 atom stereocenters. The predicted octanol–water partition coefficient (Wildman–Crippen LogP) is 4.05. The molecule has 1 aromatic heterocycles. The van der Waals surface area contributed by atoms with E-state index in [-0.39, 0.29) is 0 Å². The van der Waals surface area contributed by atoms with Gasteiger partial charge in [0.15, 0.2) is 5.13 Å². The van der Waals surface area contributed by atoms with Crippen LogP contribution in [0, 0.1) is 0 Å². The Labute approximate surface area is 148 Å². The molecule has 0 aliphatic carbocycles. The molecule has 0 fully saturated rings. The van der Waals surface area contributed by atoms with E-state index in [2.05, 4.69) is 17.2 Å². The number of nitrogens with one attached hydrogen (secondary N) is 1. The zero-order chi connectivity index (χ0) is 17.6. The monoisotopic (exact) mass is 367 g/mol. The topological polar surface area (TPSA) is 62.3 Å². The van der Waals surface area contributed by atoms with E-state index in [1.54, 1.807) is 23.5 Å². The average Bonchev–Trinajstić information content (AvgIpc) is 3.05. The van der Waals surface area contributed by atoms with Gasteiger partial charge in [0.1, 0.15) is 0 Å². The van der Waals surface area contributed by atoms with Crippen LogP contribution in [0.25, 0.3) is 11.3 Å². The first-order valence-electron chi connectivity index (χ1n) is 8.32. The number of hydrogen-bond acceptors (Lipinski definition) is 5. The molecule has 1 heterocycles. The van der Waals surface area contributed by atoms with E-state index in [4.69, 9.17) is 0 Å². The third-order valence-corrected chi connectivity index (χ3v) is 6.67. The molecule has 1 N–H and O–H groups in total. The van der Waals surface area contributed by atoms with Crippen LogP contribution >= 0.6 is 11.3 Å². The fourth-order valence-corrected chi connectivity index (χ4v) is 4.58. The Morgan fingerprint density at radius 1 is 1.12 bits per heavy atom. The summed E-state index contributed by atoms with van der Waals surface area (Å²) in [5.74, 6) is 0. The minimum absolute atomic E-state index is 0.325. The van der Waals surface area contributed by atoms with Crippen LogP contribution < -0.4 is 5.32 Å². The summed E-state index contributed by atoms with van der Waals surface area (Å²) in [6.45, 7) is 7.71. The number of thiazole rings is 1. The van der Waals surface area contributed by atoms with Crippen molar-refractivity contribution in [3.05, 3.63) is 29.6 Å². The lowest BCUT2D eigenvalue weighted by molar-refractivity contribution is 0.445. The zero-order valence-corrected chi connectivity index (χ0v) is 16.1. The van der Waals surface area contributed by atoms with Gasteiger partial charge in [-0.1, -0.05) is 39.3 Å². The Hall–Kier alpha value is -1.44. The SMILES string of the molecule is CCCCNc1nc(-c2ccc(S(=O)(=O)N(CC)CC)cc2)cs1. The summed E-state index contributed by atoms with van der Waals surface area (Å²) in [7, 11) is -3.41. The van der Waals surface area contributed by atoms with Gasteiger partial charge in [-0.25, -0.2) is 13.4 Å². The molecule has 0 spiro atoms. The molecule has 0 aliphatic rings. The van der Waals surface area contributed by atoms with Gasteiger partial charge in [-0.15, -0.1) is 11.3 Å². The van der Waals surface area contributed by atoms with Crippen LogP contribution in [0.1, 0.15) is 33.6 Å². The summed E-state index contributed by atoms with van der Waals surface area (Å²) in [6, 6.07) is 6.96. The first-order valence-corrected chi connectivity index (χ1v) is 10.6. The smallest absolute Gasteiger partial charge is 0.243 e. The summed E-state index contributed by atoms with van der Waals surface area (Å²) in [5, 5.41) is 6.20. The van der Waals surface area contributed by atoms with Crippen LogP contribution in [0.2, 0.25) is 0 Å². The second-order valence-corrected chi connectivity index (χ2v) is 8.23. The Morgan fingerprint density at radius 2 is 1.79 bits per heavy atom. The van der Waals surface area contributed by atoms with Gasteiger partial charge in [0, 0.05) is 30.6 Å². The first kappa shape index (κ1) is 18.9. The van der Waals surface area contributed by atoms with Gasteiger partial charge in [-0.2, -0.15) is 4.31 Å². The maximum atomic E-state index is 12.5. The highest BCUT2D eigenvalue weighted by atomic mass is 32.2. The van der Waals surface area contributed by atoms with Crippen molar-refractivity contribution in [2.75, 3.05) is 25.0 Å². The predicted molar refractivity (Wildman–Crippen MR) is 101 cm³/mol. The van der Waals surface area contributed by atoms with Crippen LogP contribution in [0.4, 0.5) is 5.13 Å². The van der Waals surface area contributed by atoms with Crippen molar-refractivity contribution >= 4 is 26.5 Å². The van der Waals surface area contributed by atoms with Crippen LogP contribution in [0.3, 0.4) is 0 Å². The zero-order valence-electron chi connectivity index (χ0n) is 14.4. The van der Waals surface area contributed by atoms with Crippen LogP contribution in [-0.2, 0) is 10.0 Å². The molecule has 0 saturated heterocycles. The van der Waals surface area contributed by atoms with E-state index in [1.807, 2.05) is 31.4 Å². The Balaban J connectivity index is 2.15. The summed E-state index contributed by atoms with van der Waals surface area (Å²) < 4.78 is 26.4. The molecular formula is C17H25N3O2S2. The van der Waals surface area contributed by atoms with Gasteiger partial charge in [0.25, 0.3) is 0 Å². The highest BCUT2D eigenvalue weighted by Gasteiger charge is 2.21. The van der Waals surface area contributed by atoms with Crippen molar-refractivity contribution in [2.24, 2.45) is 0 Å². The maximum absolute atomic E-state index is 12.5. The molecule has 24 heavy (non-hydrogen) atoms. The third-order valence-electron chi connectivity index (χ3n) is 3.80. The lowest BCUT2D eigenvalue weighted by atomic mass is 10.2. The Bertz CT molecular complexity index is 735. The molecule has 0 aliphatic heterocycles. The molecule has 0 saturated carbocycles. The summed E-state index contributed by atoms with van der Waals surface area (Å²) >= 11 is 1.57. The molecule has 0 amide bonds. The van der Waals surface area contributed by atoms with E-state index >= 15 is 0 Å². The van der Waals surface area contributed by atoms with E-state index in [0.29, 0.717) is 18.0 Å². The molecule has 2 rings (SSSR count). The molecular weight excluding hydrogens is 342 g/mol. The van der Waals surface area contributed by atoms with Crippen molar-refractivity contribution in [3.8, 4) is 11.3 Å². The molecule has 132 valence electrons. The number of rotatable bonds is 9. The molecule has 0 bridgehead atoms. The summed E-state index contributed by atoms with van der Waals surface area (Å²) in [4.78, 5) is 4.88. The molecule has 0 unspecified atom stereocenters. The highest BCUT2D eigenvalue weighted by Crippen LogP contribution is 2.26. The van der Waals surface area contributed by atoms with Crippen molar-refractivity contribution in [2.45, 2.75) is 38.5 Å².